The van der Waals surface area contributed by atoms with E-state index in [1.165, 1.54) is 32.2 Å². The number of fused-ring (bicyclic) bond motifs is 1. The average Bonchev–Trinajstić information content (AvgIpc) is 3.45. The molecule has 2 heterocycles. The van der Waals surface area contributed by atoms with Crippen LogP contribution in [0.25, 0.3) is 22.3 Å². The van der Waals surface area contributed by atoms with E-state index < -0.39 is 5.91 Å². The van der Waals surface area contributed by atoms with Gasteiger partial charge in [-0.1, -0.05) is 0 Å². The van der Waals surface area contributed by atoms with Gasteiger partial charge in [0.15, 0.2) is 17.3 Å². The number of carbonyl (C=O) groups excluding carboxylic acids is 2. The standard InChI is InChI=1S/C24H23N3O7/c1-30-15-5-6-16-17(9-15)34-23(14-10-26-27(11-14)12-20(25)28)21(16)22(29)13-7-18(31-2)24(33-4)19(8-13)32-3/h5-11H,12H2,1-4H3,(H2,25,28). The normalized spacial score (nSPS) is 10.8. The Morgan fingerprint density at radius 3 is 2.29 bits per heavy atom. The van der Waals surface area contributed by atoms with Crippen LogP contribution in [0.5, 0.6) is 23.0 Å². The minimum Gasteiger partial charge on any atom is -0.497 e. The highest BCUT2D eigenvalue weighted by molar-refractivity contribution is 6.20. The number of nitrogens with zero attached hydrogens (tertiary/aromatic N) is 2. The lowest BCUT2D eigenvalue weighted by molar-refractivity contribution is -0.118. The lowest BCUT2D eigenvalue weighted by Crippen LogP contribution is -2.18. The van der Waals surface area contributed by atoms with Gasteiger partial charge in [0.1, 0.15) is 23.6 Å². The molecule has 2 N–H and O–H groups in total. The molecule has 176 valence electrons. The monoisotopic (exact) mass is 465 g/mol. The number of carbonyl (C=O) groups is 2. The van der Waals surface area contributed by atoms with Gasteiger partial charge in [-0.05, 0) is 24.3 Å². The number of hydrogen-bond acceptors (Lipinski definition) is 8. The molecular weight excluding hydrogens is 442 g/mol. The van der Waals surface area contributed by atoms with Crippen LogP contribution >= 0.6 is 0 Å². The highest BCUT2D eigenvalue weighted by atomic mass is 16.5. The Balaban J connectivity index is 1.92. The second kappa shape index (κ2) is 9.18. The van der Waals surface area contributed by atoms with Crippen molar-refractivity contribution in [1.29, 1.82) is 0 Å². The molecule has 10 heteroatoms. The van der Waals surface area contributed by atoms with Gasteiger partial charge < -0.3 is 29.1 Å². The van der Waals surface area contributed by atoms with Crippen LogP contribution in [0.3, 0.4) is 0 Å². The van der Waals surface area contributed by atoms with Crippen LogP contribution < -0.4 is 24.7 Å². The van der Waals surface area contributed by atoms with Crippen LogP contribution in [0.4, 0.5) is 0 Å². The molecule has 0 atom stereocenters. The van der Waals surface area contributed by atoms with E-state index in [0.29, 0.717) is 50.7 Å². The SMILES string of the molecule is COc1ccc2c(C(=O)c3cc(OC)c(OC)c(OC)c3)c(-c3cnn(CC(N)=O)c3)oc2c1. The van der Waals surface area contributed by atoms with Crippen LogP contribution in [0, 0.1) is 0 Å². The molecule has 4 rings (SSSR count). The molecule has 0 spiro atoms. The molecule has 2 aromatic carbocycles. The van der Waals surface area contributed by atoms with Gasteiger partial charge in [0.05, 0.1) is 45.8 Å². The average molecular weight is 465 g/mol. The van der Waals surface area contributed by atoms with Crippen molar-refractivity contribution < 1.29 is 33.0 Å². The van der Waals surface area contributed by atoms with Crippen molar-refractivity contribution in [3.05, 3.63) is 53.9 Å². The summed E-state index contributed by atoms with van der Waals surface area (Å²) in [5.41, 5.74) is 6.85. The Morgan fingerprint density at radius 1 is 1.00 bits per heavy atom. The maximum absolute atomic E-state index is 13.8. The molecule has 1 amide bonds. The molecule has 34 heavy (non-hydrogen) atoms. The maximum Gasteiger partial charge on any atom is 0.239 e. The zero-order chi connectivity index (χ0) is 24.4. The van der Waals surface area contributed by atoms with Crippen LogP contribution in [0.2, 0.25) is 0 Å². The Bertz CT molecular complexity index is 1360. The molecule has 0 aliphatic rings. The summed E-state index contributed by atoms with van der Waals surface area (Å²) >= 11 is 0. The van der Waals surface area contributed by atoms with Gasteiger partial charge in [-0.25, -0.2) is 0 Å². The minimum atomic E-state index is -0.544. The number of hydrogen-bond donors (Lipinski definition) is 1. The fourth-order valence-corrected chi connectivity index (χ4v) is 3.72. The van der Waals surface area contributed by atoms with E-state index in [2.05, 4.69) is 5.10 Å². The molecular formula is C24H23N3O7. The van der Waals surface area contributed by atoms with E-state index in [-0.39, 0.29) is 18.1 Å². The summed E-state index contributed by atoms with van der Waals surface area (Å²) in [7, 11) is 5.98. The molecule has 0 aliphatic carbocycles. The van der Waals surface area contributed by atoms with Gasteiger partial charge in [-0.3, -0.25) is 14.3 Å². The molecule has 2 aromatic heterocycles. The van der Waals surface area contributed by atoms with Crippen LogP contribution in [0.1, 0.15) is 15.9 Å². The lowest BCUT2D eigenvalue weighted by atomic mass is 9.97. The molecule has 4 aromatic rings. The number of nitrogens with two attached hydrogens (primary N) is 1. The quantitative estimate of drug-likeness (QED) is 0.374. The number of amides is 1. The predicted molar refractivity (Wildman–Crippen MR) is 123 cm³/mol. The minimum absolute atomic E-state index is 0.107. The van der Waals surface area contributed by atoms with Crippen molar-refractivity contribution in [1.82, 2.24) is 9.78 Å². The largest absolute Gasteiger partial charge is 0.497 e. The van der Waals surface area contributed by atoms with Crippen LogP contribution in [-0.4, -0.2) is 49.9 Å². The van der Waals surface area contributed by atoms with Gasteiger partial charge in [-0.15, -0.1) is 0 Å². The van der Waals surface area contributed by atoms with Crippen LogP contribution in [-0.2, 0) is 11.3 Å². The van der Waals surface area contributed by atoms with E-state index in [0.717, 1.165) is 0 Å². The summed E-state index contributed by atoms with van der Waals surface area (Å²) in [6.07, 6.45) is 3.09. The highest BCUT2D eigenvalue weighted by Gasteiger charge is 2.27. The van der Waals surface area contributed by atoms with Gasteiger partial charge in [0.2, 0.25) is 11.7 Å². The number of ether oxygens (including phenoxy) is 4. The van der Waals surface area contributed by atoms with E-state index in [1.807, 2.05) is 0 Å². The number of ketones is 1. The Labute approximate surface area is 194 Å². The summed E-state index contributed by atoms with van der Waals surface area (Å²) < 4.78 is 28.9. The fraction of sp³-hybridized carbons (Fsp3) is 0.208. The van der Waals surface area contributed by atoms with E-state index in [4.69, 9.17) is 29.1 Å². The van der Waals surface area contributed by atoms with Crippen molar-refractivity contribution in [2.75, 3.05) is 28.4 Å². The summed E-state index contributed by atoms with van der Waals surface area (Å²) in [6.45, 7) is -0.107. The number of benzene rings is 2. The third-order valence-corrected chi connectivity index (χ3v) is 5.26. The maximum atomic E-state index is 13.8. The highest BCUT2D eigenvalue weighted by Crippen LogP contribution is 2.41. The third kappa shape index (κ3) is 4.01. The fourth-order valence-electron chi connectivity index (χ4n) is 3.72. The molecule has 0 unspecified atom stereocenters. The number of methoxy groups -OCH3 is 4. The second-order valence-electron chi connectivity index (χ2n) is 7.30. The van der Waals surface area contributed by atoms with Crippen LogP contribution in [0.15, 0.2) is 47.1 Å². The van der Waals surface area contributed by atoms with Crippen molar-refractivity contribution in [2.45, 2.75) is 6.54 Å². The number of furan rings is 1. The van der Waals surface area contributed by atoms with E-state index >= 15 is 0 Å². The molecule has 0 fully saturated rings. The molecule has 10 nitrogen and oxygen atoms in total. The Morgan fingerprint density at radius 2 is 1.71 bits per heavy atom. The summed E-state index contributed by atoms with van der Waals surface area (Å²) in [5.74, 6) is 1.04. The first-order valence-electron chi connectivity index (χ1n) is 10.2. The molecule has 0 radical (unpaired) electrons. The summed E-state index contributed by atoms with van der Waals surface area (Å²) in [5, 5.41) is 4.73. The lowest BCUT2D eigenvalue weighted by Gasteiger charge is -2.13. The Kier molecular flexibility index (Phi) is 6.13. The predicted octanol–water partition coefficient (Wildman–Crippen LogP) is 3.05. The second-order valence-corrected chi connectivity index (χ2v) is 7.30. The Hall–Kier alpha value is -4.47. The summed E-state index contributed by atoms with van der Waals surface area (Å²) in [4.78, 5) is 25.1. The van der Waals surface area contributed by atoms with Gasteiger partial charge >= 0.3 is 0 Å². The molecule has 0 saturated carbocycles. The van der Waals surface area contributed by atoms with Crippen molar-refractivity contribution in [3.8, 4) is 34.3 Å². The number of primary amides is 1. The first kappa shape index (κ1) is 22.7. The van der Waals surface area contributed by atoms with Gasteiger partial charge in [0, 0.05) is 23.2 Å². The molecule has 0 aliphatic heterocycles. The van der Waals surface area contributed by atoms with E-state index in [9.17, 15) is 9.59 Å². The van der Waals surface area contributed by atoms with Crippen molar-refractivity contribution in [3.63, 3.8) is 0 Å². The smallest absolute Gasteiger partial charge is 0.239 e. The third-order valence-electron chi connectivity index (χ3n) is 5.26. The molecule has 0 bridgehead atoms. The van der Waals surface area contributed by atoms with Crippen molar-refractivity contribution >= 4 is 22.7 Å². The number of aromatic nitrogens is 2. The number of rotatable bonds is 9. The topological polar surface area (TPSA) is 128 Å². The van der Waals surface area contributed by atoms with Crippen molar-refractivity contribution in [2.24, 2.45) is 5.73 Å². The first-order valence-corrected chi connectivity index (χ1v) is 10.2. The van der Waals surface area contributed by atoms with Gasteiger partial charge in [-0.2, -0.15) is 5.10 Å². The van der Waals surface area contributed by atoms with Gasteiger partial charge in [0.25, 0.3) is 0 Å². The zero-order valence-electron chi connectivity index (χ0n) is 19.1. The zero-order valence-corrected chi connectivity index (χ0v) is 19.1. The first-order chi connectivity index (χ1) is 16.4. The summed E-state index contributed by atoms with van der Waals surface area (Å²) in [6, 6.07) is 8.33. The van der Waals surface area contributed by atoms with E-state index in [1.54, 1.807) is 43.6 Å². The molecule has 0 saturated heterocycles.